The number of carbonyl (C=O) groups excluding carboxylic acids is 1. The molecule has 0 spiro atoms. The molecule has 0 N–H and O–H groups in total. The zero-order chi connectivity index (χ0) is 22.1. The van der Waals surface area contributed by atoms with Gasteiger partial charge in [-0.3, -0.25) is 4.79 Å². The van der Waals surface area contributed by atoms with Crippen LogP contribution in [-0.4, -0.2) is 47.0 Å². The second-order valence-electron chi connectivity index (χ2n) is 7.66. The fourth-order valence-corrected chi connectivity index (χ4v) is 4.60. The van der Waals surface area contributed by atoms with Gasteiger partial charge in [0.1, 0.15) is 5.82 Å². The van der Waals surface area contributed by atoms with E-state index in [0.29, 0.717) is 42.6 Å². The van der Waals surface area contributed by atoms with Gasteiger partial charge in [0.05, 0.1) is 16.1 Å². The van der Waals surface area contributed by atoms with Gasteiger partial charge in [0, 0.05) is 41.6 Å². The number of benzene rings is 3. The lowest BCUT2D eigenvalue weighted by atomic mass is 10.1. The van der Waals surface area contributed by atoms with Crippen LogP contribution < -0.4 is 4.90 Å². The van der Waals surface area contributed by atoms with Crippen LogP contribution in [0.5, 0.6) is 0 Å². The molecule has 1 aliphatic heterocycles. The van der Waals surface area contributed by atoms with Crippen molar-refractivity contribution < 1.29 is 4.79 Å². The molecule has 1 aliphatic rings. The number of aromatic nitrogens is 2. The number of anilines is 1. The van der Waals surface area contributed by atoms with E-state index in [1.165, 1.54) is 0 Å². The molecular weight excluding hydrogens is 488 g/mol. The summed E-state index contributed by atoms with van der Waals surface area (Å²) in [6, 6.07) is 23.3. The number of amides is 1. The lowest BCUT2D eigenvalue weighted by Crippen LogP contribution is -2.49. The second kappa shape index (κ2) is 8.88. The number of hydrogen-bond donors (Lipinski definition) is 0. The average Bonchev–Trinajstić information content (AvgIpc) is 2.83. The molecule has 5 rings (SSSR count). The third-order valence-corrected chi connectivity index (χ3v) is 6.46. The second-order valence-corrected chi connectivity index (χ2v) is 8.98. The summed E-state index contributed by atoms with van der Waals surface area (Å²) in [7, 11) is 0. The van der Waals surface area contributed by atoms with Crippen molar-refractivity contribution in [1.29, 1.82) is 0 Å². The Morgan fingerprint density at radius 3 is 2.41 bits per heavy atom. The topological polar surface area (TPSA) is 49.3 Å². The molecule has 160 valence electrons. The van der Waals surface area contributed by atoms with Crippen molar-refractivity contribution in [1.82, 2.24) is 14.9 Å². The van der Waals surface area contributed by atoms with Gasteiger partial charge in [-0.05, 0) is 36.4 Å². The Morgan fingerprint density at radius 2 is 1.62 bits per heavy atom. The maximum atomic E-state index is 12.9. The van der Waals surface area contributed by atoms with Gasteiger partial charge in [-0.1, -0.05) is 63.9 Å². The van der Waals surface area contributed by atoms with Gasteiger partial charge >= 0.3 is 0 Å². The first-order valence-electron chi connectivity index (χ1n) is 10.4. The maximum absolute atomic E-state index is 12.9. The predicted molar refractivity (Wildman–Crippen MR) is 132 cm³/mol. The van der Waals surface area contributed by atoms with Gasteiger partial charge in [0.15, 0.2) is 5.82 Å². The van der Waals surface area contributed by atoms with Crippen molar-refractivity contribution in [2.75, 3.05) is 31.1 Å². The number of rotatable bonds is 3. The van der Waals surface area contributed by atoms with Gasteiger partial charge in [0.25, 0.3) is 5.91 Å². The summed E-state index contributed by atoms with van der Waals surface area (Å²) in [5.41, 5.74) is 2.41. The summed E-state index contributed by atoms with van der Waals surface area (Å²) >= 11 is 9.77. The Morgan fingerprint density at radius 1 is 0.875 bits per heavy atom. The quantitative estimate of drug-likeness (QED) is 0.358. The van der Waals surface area contributed by atoms with E-state index >= 15 is 0 Å². The minimum absolute atomic E-state index is 0.0300. The number of hydrogen-bond acceptors (Lipinski definition) is 4. The first-order valence-corrected chi connectivity index (χ1v) is 11.6. The third kappa shape index (κ3) is 4.08. The van der Waals surface area contributed by atoms with Crippen LogP contribution in [0.1, 0.15) is 10.4 Å². The summed E-state index contributed by atoms with van der Waals surface area (Å²) in [5, 5.41) is 1.50. The summed E-state index contributed by atoms with van der Waals surface area (Å²) in [4.78, 5) is 26.8. The van der Waals surface area contributed by atoms with E-state index in [4.69, 9.17) is 21.6 Å². The molecule has 0 atom stereocenters. The SMILES string of the molecule is O=C(c1ccccc1Cl)N1CCN(c2nc(-c3cccc(Br)c3)nc3ccccc23)CC1. The molecule has 2 heterocycles. The predicted octanol–water partition coefficient (Wildman–Crippen LogP) is 5.68. The highest BCUT2D eigenvalue weighted by atomic mass is 79.9. The Balaban J connectivity index is 1.44. The number of halogens is 2. The van der Waals surface area contributed by atoms with Crippen LogP contribution in [0.3, 0.4) is 0 Å². The molecule has 4 aromatic rings. The van der Waals surface area contributed by atoms with E-state index in [1.807, 2.05) is 59.5 Å². The molecule has 1 aromatic heterocycles. The van der Waals surface area contributed by atoms with Crippen molar-refractivity contribution in [3.8, 4) is 11.4 Å². The zero-order valence-corrected chi connectivity index (χ0v) is 19.6. The minimum Gasteiger partial charge on any atom is -0.352 e. The van der Waals surface area contributed by atoms with Crippen LogP contribution in [0.15, 0.2) is 77.3 Å². The standard InChI is InChI=1S/C25H20BrClN4O/c26-18-7-5-6-17(16-18)23-28-22-11-4-2-9-20(22)24(29-23)30-12-14-31(15-13-30)25(32)19-8-1-3-10-21(19)27/h1-11,16H,12-15H2. The Bertz CT molecular complexity index is 1300. The normalized spacial score (nSPS) is 14.1. The molecule has 0 bridgehead atoms. The van der Waals surface area contributed by atoms with Gasteiger partial charge in [-0.15, -0.1) is 0 Å². The lowest BCUT2D eigenvalue weighted by molar-refractivity contribution is 0.0747. The molecule has 3 aromatic carbocycles. The number of para-hydroxylation sites is 1. The van der Waals surface area contributed by atoms with Gasteiger partial charge in [-0.2, -0.15) is 0 Å². The average molecular weight is 508 g/mol. The van der Waals surface area contributed by atoms with Crippen molar-refractivity contribution >= 4 is 50.2 Å². The summed E-state index contributed by atoms with van der Waals surface area (Å²) in [6.45, 7) is 2.59. The molecule has 5 nitrogen and oxygen atoms in total. The molecule has 0 radical (unpaired) electrons. The van der Waals surface area contributed by atoms with Gasteiger partial charge in [-0.25, -0.2) is 9.97 Å². The number of nitrogens with zero attached hydrogens (tertiary/aromatic N) is 4. The van der Waals surface area contributed by atoms with Crippen molar-refractivity contribution in [2.45, 2.75) is 0 Å². The van der Waals surface area contributed by atoms with Crippen molar-refractivity contribution in [3.05, 3.63) is 87.9 Å². The maximum Gasteiger partial charge on any atom is 0.255 e. The van der Waals surface area contributed by atoms with Crippen LogP contribution in [0.25, 0.3) is 22.3 Å². The van der Waals surface area contributed by atoms with Crippen LogP contribution in [0, 0.1) is 0 Å². The van der Waals surface area contributed by atoms with Gasteiger partial charge < -0.3 is 9.80 Å². The van der Waals surface area contributed by atoms with Crippen LogP contribution >= 0.6 is 27.5 Å². The monoisotopic (exact) mass is 506 g/mol. The smallest absolute Gasteiger partial charge is 0.255 e. The largest absolute Gasteiger partial charge is 0.352 e. The summed E-state index contributed by atoms with van der Waals surface area (Å²) < 4.78 is 0.986. The van der Waals surface area contributed by atoms with Crippen LogP contribution in [0.4, 0.5) is 5.82 Å². The van der Waals surface area contributed by atoms with E-state index in [2.05, 4.69) is 26.9 Å². The Labute approximate surface area is 199 Å². The summed E-state index contributed by atoms with van der Waals surface area (Å²) in [5.74, 6) is 1.56. The molecule has 32 heavy (non-hydrogen) atoms. The van der Waals surface area contributed by atoms with Crippen LogP contribution in [-0.2, 0) is 0 Å². The van der Waals surface area contributed by atoms with E-state index in [0.717, 1.165) is 26.8 Å². The molecule has 0 unspecified atom stereocenters. The fraction of sp³-hybridized carbons (Fsp3) is 0.160. The van der Waals surface area contributed by atoms with E-state index in [-0.39, 0.29) is 5.91 Å². The van der Waals surface area contributed by atoms with E-state index in [1.54, 1.807) is 12.1 Å². The first-order chi connectivity index (χ1) is 15.6. The molecule has 1 amide bonds. The molecule has 0 saturated carbocycles. The number of carbonyl (C=O) groups is 1. The minimum atomic E-state index is -0.0300. The van der Waals surface area contributed by atoms with Gasteiger partial charge in [0.2, 0.25) is 0 Å². The molecule has 1 fully saturated rings. The highest BCUT2D eigenvalue weighted by molar-refractivity contribution is 9.10. The molecule has 0 aliphatic carbocycles. The highest BCUT2D eigenvalue weighted by Gasteiger charge is 2.25. The first kappa shape index (κ1) is 20.9. The van der Waals surface area contributed by atoms with E-state index < -0.39 is 0 Å². The lowest BCUT2D eigenvalue weighted by Gasteiger charge is -2.36. The molecular formula is C25H20BrClN4O. The molecule has 1 saturated heterocycles. The zero-order valence-electron chi connectivity index (χ0n) is 17.2. The highest BCUT2D eigenvalue weighted by Crippen LogP contribution is 2.29. The van der Waals surface area contributed by atoms with Crippen molar-refractivity contribution in [3.63, 3.8) is 0 Å². The summed E-state index contributed by atoms with van der Waals surface area (Å²) in [6.07, 6.45) is 0. The number of piperazine rings is 1. The van der Waals surface area contributed by atoms with E-state index in [9.17, 15) is 4.79 Å². The fourth-order valence-electron chi connectivity index (χ4n) is 3.98. The van der Waals surface area contributed by atoms with Crippen molar-refractivity contribution in [2.24, 2.45) is 0 Å². The number of fused-ring (bicyclic) bond motifs is 1. The molecule has 7 heteroatoms. The Kier molecular flexibility index (Phi) is 5.81. The third-order valence-electron chi connectivity index (χ3n) is 5.64. The Hall–Kier alpha value is -2.96. The van der Waals surface area contributed by atoms with Crippen LogP contribution in [0.2, 0.25) is 5.02 Å².